The predicted octanol–water partition coefficient (Wildman–Crippen LogP) is 0.112. The molecular formula is C9H15NO4. The van der Waals surface area contributed by atoms with Crippen LogP contribution >= 0.6 is 0 Å². The molecule has 80 valence electrons. The maximum Gasteiger partial charge on any atom is 0.308 e. The van der Waals surface area contributed by atoms with Gasteiger partial charge in [0, 0.05) is 12.6 Å². The van der Waals surface area contributed by atoms with E-state index in [0.29, 0.717) is 6.54 Å². The fraction of sp³-hybridized carbons (Fsp3) is 0.778. The predicted molar refractivity (Wildman–Crippen MR) is 49.0 cm³/mol. The molecule has 0 aromatic heterocycles. The number of hydrogen-bond donors (Lipinski definition) is 2. The molecule has 0 spiro atoms. The van der Waals surface area contributed by atoms with Crippen LogP contribution < -0.4 is 0 Å². The minimum atomic E-state index is -0.907. The summed E-state index contributed by atoms with van der Waals surface area (Å²) >= 11 is 0. The van der Waals surface area contributed by atoms with E-state index in [1.807, 2.05) is 6.92 Å². The van der Waals surface area contributed by atoms with Crippen LogP contribution in [-0.4, -0.2) is 46.7 Å². The number of likely N-dealkylation sites (tertiary alicyclic amines) is 1. The number of rotatable bonds is 2. The number of aliphatic carboxylic acids is 2. The smallest absolute Gasteiger partial charge is 0.308 e. The zero-order valence-electron chi connectivity index (χ0n) is 8.30. The average Bonchev–Trinajstić information content (AvgIpc) is 2.08. The van der Waals surface area contributed by atoms with E-state index in [9.17, 15) is 9.59 Å². The summed E-state index contributed by atoms with van der Waals surface area (Å²) in [6, 6.07) is -0.0944. The van der Waals surface area contributed by atoms with E-state index in [0.717, 1.165) is 0 Å². The van der Waals surface area contributed by atoms with Crippen molar-refractivity contribution >= 4 is 11.9 Å². The van der Waals surface area contributed by atoms with Gasteiger partial charge in [0.15, 0.2) is 0 Å². The third-order valence-corrected chi connectivity index (χ3v) is 2.99. The zero-order valence-corrected chi connectivity index (χ0v) is 8.30. The van der Waals surface area contributed by atoms with Crippen molar-refractivity contribution in [2.75, 3.05) is 13.6 Å². The molecular weight excluding hydrogens is 186 g/mol. The summed E-state index contributed by atoms with van der Waals surface area (Å²) in [5.74, 6) is -2.95. The van der Waals surface area contributed by atoms with Gasteiger partial charge in [-0.05, 0) is 20.4 Å². The van der Waals surface area contributed by atoms with Gasteiger partial charge in [-0.25, -0.2) is 0 Å². The van der Waals surface area contributed by atoms with Crippen LogP contribution in [0.3, 0.4) is 0 Å². The first-order valence-electron chi connectivity index (χ1n) is 4.59. The van der Waals surface area contributed by atoms with Crippen molar-refractivity contribution in [1.29, 1.82) is 0 Å². The van der Waals surface area contributed by atoms with Crippen molar-refractivity contribution in [3.05, 3.63) is 0 Å². The monoisotopic (exact) mass is 201 g/mol. The van der Waals surface area contributed by atoms with E-state index in [-0.39, 0.29) is 12.5 Å². The van der Waals surface area contributed by atoms with E-state index < -0.39 is 23.8 Å². The number of nitrogens with zero attached hydrogens (tertiary/aromatic N) is 1. The van der Waals surface area contributed by atoms with Crippen molar-refractivity contribution in [2.24, 2.45) is 11.8 Å². The molecule has 0 aromatic rings. The summed E-state index contributed by atoms with van der Waals surface area (Å²) in [7, 11) is 1.76. The summed E-state index contributed by atoms with van der Waals surface area (Å²) in [6.45, 7) is 2.25. The topological polar surface area (TPSA) is 77.8 Å². The van der Waals surface area contributed by atoms with Crippen LogP contribution in [0.2, 0.25) is 0 Å². The van der Waals surface area contributed by atoms with Gasteiger partial charge in [-0.3, -0.25) is 9.59 Å². The SMILES string of the molecule is CC1C(C(=O)O)CC(C(=O)O)CN1C. The summed E-state index contributed by atoms with van der Waals surface area (Å²) in [5, 5.41) is 17.7. The standard InChI is InChI=1S/C9H15NO4/c1-5-7(9(13)14)3-6(8(11)12)4-10(5)2/h5-7H,3-4H2,1-2H3,(H,11,12)(H,13,14). The molecule has 1 heterocycles. The fourth-order valence-corrected chi connectivity index (χ4v) is 1.89. The second-order valence-corrected chi connectivity index (χ2v) is 3.90. The van der Waals surface area contributed by atoms with Gasteiger partial charge < -0.3 is 15.1 Å². The van der Waals surface area contributed by atoms with Crippen LogP contribution in [0, 0.1) is 11.8 Å². The van der Waals surface area contributed by atoms with Crippen LogP contribution in [0.1, 0.15) is 13.3 Å². The van der Waals surface area contributed by atoms with Crippen molar-refractivity contribution in [3.63, 3.8) is 0 Å². The van der Waals surface area contributed by atoms with Gasteiger partial charge in [0.1, 0.15) is 0 Å². The Balaban J connectivity index is 2.76. The van der Waals surface area contributed by atoms with Crippen LogP contribution in [0.15, 0.2) is 0 Å². The molecule has 5 heteroatoms. The van der Waals surface area contributed by atoms with E-state index in [4.69, 9.17) is 10.2 Å². The lowest BCUT2D eigenvalue weighted by atomic mass is 9.84. The number of carboxylic acids is 2. The highest BCUT2D eigenvalue weighted by Gasteiger charge is 2.38. The lowest BCUT2D eigenvalue weighted by Crippen LogP contribution is -2.49. The van der Waals surface area contributed by atoms with Gasteiger partial charge in [-0.1, -0.05) is 0 Å². The molecule has 1 saturated heterocycles. The van der Waals surface area contributed by atoms with Gasteiger partial charge in [-0.2, -0.15) is 0 Å². The third kappa shape index (κ3) is 2.04. The first-order chi connectivity index (χ1) is 6.43. The van der Waals surface area contributed by atoms with Crippen molar-refractivity contribution in [3.8, 4) is 0 Å². The average molecular weight is 201 g/mol. The molecule has 14 heavy (non-hydrogen) atoms. The Bertz CT molecular complexity index is 253. The Kier molecular flexibility index (Phi) is 3.10. The maximum absolute atomic E-state index is 10.9. The molecule has 0 amide bonds. The molecule has 0 radical (unpaired) electrons. The summed E-state index contributed by atoms with van der Waals surface area (Å²) < 4.78 is 0. The van der Waals surface area contributed by atoms with E-state index in [2.05, 4.69) is 0 Å². The minimum Gasteiger partial charge on any atom is -0.481 e. The van der Waals surface area contributed by atoms with E-state index >= 15 is 0 Å². The summed E-state index contributed by atoms with van der Waals surface area (Å²) in [5.41, 5.74) is 0. The molecule has 2 N–H and O–H groups in total. The van der Waals surface area contributed by atoms with Crippen LogP contribution in [-0.2, 0) is 9.59 Å². The van der Waals surface area contributed by atoms with Gasteiger partial charge in [0.2, 0.25) is 0 Å². The largest absolute Gasteiger partial charge is 0.481 e. The molecule has 1 rings (SSSR count). The highest BCUT2D eigenvalue weighted by atomic mass is 16.4. The molecule has 1 fully saturated rings. The lowest BCUT2D eigenvalue weighted by molar-refractivity contribution is -0.151. The highest BCUT2D eigenvalue weighted by molar-refractivity contribution is 5.75. The van der Waals surface area contributed by atoms with Gasteiger partial charge >= 0.3 is 11.9 Å². The Morgan fingerprint density at radius 1 is 1.29 bits per heavy atom. The highest BCUT2D eigenvalue weighted by Crippen LogP contribution is 2.26. The van der Waals surface area contributed by atoms with Gasteiger partial charge in [0.25, 0.3) is 0 Å². The Hall–Kier alpha value is -1.10. The number of hydrogen-bond acceptors (Lipinski definition) is 3. The van der Waals surface area contributed by atoms with Crippen molar-refractivity contribution in [1.82, 2.24) is 4.90 Å². The first kappa shape index (κ1) is 11.0. The maximum atomic E-state index is 10.9. The zero-order chi connectivity index (χ0) is 10.9. The van der Waals surface area contributed by atoms with E-state index in [1.165, 1.54) is 0 Å². The Morgan fingerprint density at radius 3 is 2.29 bits per heavy atom. The molecule has 3 unspecified atom stereocenters. The second-order valence-electron chi connectivity index (χ2n) is 3.90. The molecule has 0 aromatic carbocycles. The van der Waals surface area contributed by atoms with Crippen LogP contribution in [0.4, 0.5) is 0 Å². The molecule has 0 saturated carbocycles. The number of carboxylic acid groups (broad SMARTS) is 2. The number of carbonyl (C=O) groups is 2. The quantitative estimate of drug-likeness (QED) is 0.663. The fourth-order valence-electron chi connectivity index (χ4n) is 1.89. The Labute approximate surface area is 82.3 Å². The molecule has 0 aliphatic carbocycles. The van der Waals surface area contributed by atoms with Crippen LogP contribution in [0.25, 0.3) is 0 Å². The molecule has 1 aliphatic heterocycles. The normalized spacial score (nSPS) is 34.0. The van der Waals surface area contributed by atoms with Crippen molar-refractivity contribution in [2.45, 2.75) is 19.4 Å². The first-order valence-corrected chi connectivity index (χ1v) is 4.59. The molecule has 3 atom stereocenters. The molecule has 0 bridgehead atoms. The van der Waals surface area contributed by atoms with E-state index in [1.54, 1.807) is 11.9 Å². The lowest BCUT2D eigenvalue weighted by Gasteiger charge is -2.37. The van der Waals surface area contributed by atoms with Gasteiger partial charge in [0.05, 0.1) is 11.8 Å². The summed E-state index contributed by atoms with van der Waals surface area (Å²) in [4.78, 5) is 23.4. The summed E-state index contributed by atoms with van der Waals surface area (Å²) in [6.07, 6.45) is 0.232. The van der Waals surface area contributed by atoms with Crippen LogP contribution in [0.5, 0.6) is 0 Å². The van der Waals surface area contributed by atoms with Gasteiger partial charge in [-0.15, -0.1) is 0 Å². The Morgan fingerprint density at radius 2 is 1.86 bits per heavy atom. The number of piperidine rings is 1. The molecule has 5 nitrogen and oxygen atoms in total. The third-order valence-electron chi connectivity index (χ3n) is 2.99. The molecule has 1 aliphatic rings. The van der Waals surface area contributed by atoms with Crippen molar-refractivity contribution < 1.29 is 19.8 Å². The minimum absolute atomic E-state index is 0.0944. The second kappa shape index (κ2) is 3.96.